The van der Waals surface area contributed by atoms with Gasteiger partial charge < -0.3 is 10.5 Å². The fourth-order valence-corrected chi connectivity index (χ4v) is 1.53. The van der Waals surface area contributed by atoms with Crippen molar-refractivity contribution in [2.24, 2.45) is 0 Å². The molecule has 0 bridgehead atoms. The van der Waals surface area contributed by atoms with E-state index in [1.165, 1.54) is 0 Å². The van der Waals surface area contributed by atoms with Crippen LogP contribution in [0.1, 0.15) is 33.6 Å². The van der Waals surface area contributed by atoms with E-state index in [1.807, 2.05) is 44.2 Å². The van der Waals surface area contributed by atoms with Gasteiger partial charge in [-0.05, 0) is 30.7 Å². The average Bonchev–Trinajstić information content (AvgIpc) is 2.41. The van der Waals surface area contributed by atoms with Crippen LogP contribution in [0.15, 0.2) is 30.3 Å². The zero-order valence-electron chi connectivity index (χ0n) is 11.4. The second-order valence-electron chi connectivity index (χ2n) is 3.80. The van der Waals surface area contributed by atoms with Crippen molar-refractivity contribution < 1.29 is 4.74 Å². The number of unbranched alkanes of at least 4 members (excludes halogenated alkanes) is 1. The highest BCUT2D eigenvalue weighted by Crippen LogP contribution is 2.19. The van der Waals surface area contributed by atoms with E-state index in [4.69, 9.17) is 10.5 Å². The van der Waals surface area contributed by atoms with Crippen LogP contribution < -0.4 is 10.5 Å². The Balaban J connectivity index is 0.000000771. The van der Waals surface area contributed by atoms with Crippen LogP contribution in [-0.4, -0.2) is 11.6 Å². The molecule has 98 valence electrons. The molecule has 0 radical (unpaired) electrons. The molecule has 0 spiro atoms. The molecule has 1 aromatic heterocycles. The normalized spacial score (nSPS) is 9.72. The van der Waals surface area contributed by atoms with Crippen molar-refractivity contribution in [1.29, 1.82) is 0 Å². The van der Waals surface area contributed by atoms with Crippen LogP contribution in [0.25, 0.3) is 10.9 Å². The topological polar surface area (TPSA) is 48.1 Å². The second kappa shape index (κ2) is 7.54. The Morgan fingerprint density at radius 3 is 2.67 bits per heavy atom. The maximum Gasteiger partial charge on any atom is 0.213 e. The number of ether oxygens (including phenoxy) is 1. The van der Waals surface area contributed by atoms with Crippen LogP contribution in [0.3, 0.4) is 0 Å². The lowest BCUT2D eigenvalue weighted by Crippen LogP contribution is -1.98. The Bertz CT molecular complexity index is 483. The Labute approximate surface area is 109 Å². The van der Waals surface area contributed by atoms with Gasteiger partial charge in [-0.1, -0.05) is 27.2 Å². The largest absolute Gasteiger partial charge is 0.478 e. The Morgan fingerprint density at radius 2 is 1.94 bits per heavy atom. The molecule has 0 aliphatic carbocycles. The zero-order valence-corrected chi connectivity index (χ0v) is 11.4. The number of rotatable bonds is 4. The molecule has 1 aromatic carbocycles. The molecule has 3 heteroatoms. The van der Waals surface area contributed by atoms with Crippen molar-refractivity contribution in [3.63, 3.8) is 0 Å². The number of anilines is 1. The highest BCUT2D eigenvalue weighted by atomic mass is 16.5. The molecule has 1 heterocycles. The zero-order chi connectivity index (χ0) is 13.4. The Morgan fingerprint density at radius 1 is 1.17 bits per heavy atom. The summed E-state index contributed by atoms with van der Waals surface area (Å²) >= 11 is 0. The van der Waals surface area contributed by atoms with Crippen molar-refractivity contribution in [2.75, 3.05) is 12.3 Å². The highest BCUT2D eigenvalue weighted by Gasteiger charge is 1.99. The predicted molar refractivity (Wildman–Crippen MR) is 77.9 cm³/mol. The highest BCUT2D eigenvalue weighted by molar-refractivity contribution is 5.82. The number of aromatic nitrogens is 1. The first kappa shape index (κ1) is 14.3. The van der Waals surface area contributed by atoms with Crippen LogP contribution in [-0.2, 0) is 0 Å². The maximum atomic E-state index is 5.70. The minimum atomic E-state index is 0.686. The van der Waals surface area contributed by atoms with Crippen molar-refractivity contribution in [3.8, 4) is 5.88 Å². The number of nitrogens with two attached hydrogens (primary N) is 1. The predicted octanol–water partition coefficient (Wildman–Crippen LogP) is 4.02. The monoisotopic (exact) mass is 246 g/mol. The third kappa shape index (κ3) is 3.91. The Hall–Kier alpha value is -1.77. The summed E-state index contributed by atoms with van der Waals surface area (Å²) in [7, 11) is 0. The first-order chi connectivity index (χ1) is 8.79. The minimum absolute atomic E-state index is 0.686. The van der Waals surface area contributed by atoms with Crippen LogP contribution >= 0.6 is 0 Å². The maximum absolute atomic E-state index is 5.70. The van der Waals surface area contributed by atoms with Gasteiger partial charge in [0.1, 0.15) is 0 Å². The lowest BCUT2D eigenvalue weighted by atomic mass is 10.2. The molecule has 0 aliphatic heterocycles. The van der Waals surface area contributed by atoms with Gasteiger partial charge in [-0.25, -0.2) is 4.98 Å². The molecular weight excluding hydrogens is 224 g/mol. The number of hydrogen-bond acceptors (Lipinski definition) is 3. The lowest BCUT2D eigenvalue weighted by molar-refractivity contribution is 0.299. The molecule has 18 heavy (non-hydrogen) atoms. The van der Waals surface area contributed by atoms with Gasteiger partial charge in [0, 0.05) is 17.1 Å². The van der Waals surface area contributed by atoms with E-state index in [1.54, 1.807) is 0 Å². The molecule has 3 nitrogen and oxygen atoms in total. The van der Waals surface area contributed by atoms with Gasteiger partial charge in [-0.2, -0.15) is 0 Å². The molecule has 2 rings (SSSR count). The SMILES string of the molecule is CC.CCCCOc1ccc2cc(N)ccc2n1. The fourth-order valence-electron chi connectivity index (χ4n) is 1.53. The summed E-state index contributed by atoms with van der Waals surface area (Å²) in [6.45, 7) is 6.87. The smallest absolute Gasteiger partial charge is 0.213 e. The minimum Gasteiger partial charge on any atom is -0.478 e. The van der Waals surface area contributed by atoms with Gasteiger partial charge in [-0.15, -0.1) is 0 Å². The van der Waals surface area contributed by atoms with E-state index in [2.05, 4.69) is 11.9 Å². The lowest BCUT2D eigenvalue weighted by Gasteiger charge is -2.05. The average molecular weight is 246 g/mol. The number of nitrogen functional groups attached to an aromatic ring is 1. The summed E-state index contributed by atoms with van der Waals surface area (Å²) in [6, 6.07) is 9.55. The van der Waals surface area contributed by atoms with Gasteiger partial charge in [0.25, 0.3) is 0 Å². The molecule has 2 aromatic rings. The fraction of sp³-hybridized carbons (Fsp3) is 0.400. The molecule has 0 atom stereocenters. The molecule has 0 saturated carbocycles. The van der Waals surface area contributed by atoms with E-state index in [-0.39, 0.29) is 0 Å². The van der Waals surface area contributed by atoms with E-state index >= 15 is 0 Å². The van der Waals surface area contributed by atoms with Gasteiger partial charge in [0.05, 0.1) is 12.1 Å². The third-order valence-electron chi connectivity index (χ3n) is 2.44. The number of pyridine rings is 1. The number of fused-ring (bicyclic) bond motifs is 1. The summed E-state index contributed by atoms with van der Waals surface area (Å²) < 4.78 is 5.54. The summed E-state index contributed by atoms with van der Waals surface area (Å²) in [5, 5.41) is 1.04. The van der Waals surface area contributed by atoms with Crippen molar-refractivity contribution in [1.82, 2.24) is 4.98 Å². The second-order valence-corrected chi connectivity index (χ2v) is 3.80. The third-order valence-corrected chi connectivity index (χ3v) is 2.44. The van der Waals surface area contributed by atoms with E-state index < -0.39 is 0 Å². The summed E-state index contributed by atoms with van der Waals surface area (Å²) in [5.74, 6) is 0.686. The molecule has 0 saturated heterocycles. The van der Waals surface area contributed by atoms with E-state index in [0.29, 0.717) is 5.88 Å². The van der Waals surface area contributed by atoms with E-state index in [9.17, 15) is 0 Å². The molecule has 0 amide bonds. The van der Waals surface area contributed by atoms with E-state index in [0.717, 1.165) is 36.0 Å². The van der Waals surface area contributed by atoms with Crippen molar-refractivity contribution >= 4 is 16.6 Å². The first-order valence-electron chi connectivity index (χ1n) is 6.58. The van der Waals surface area contributed by atoms with Crippen LogP contribution in [0.4, 0.5) is 5.69 Å². The standard InChI is InChI=1S/C13H16N2O.C2H6/c1-2-3-8-16-13-7-4-10-9-11(14)5-6-12(10)15-13;1-2/h4-7,9H,2-3,8,14H2,1H3;1-2H3. The van der Waals surface area contributed by atoms with Crippen LogP contribution in [0.5, 0.6) is 5.88 Å². The summed E-state index contributed by atoms with van der Waals surface area (Å²) in [5.41, 5.74) is 7.38. The van der Waals surface area contributed by atoms with Gasteiger partial charge >= 0.3 is 0 Å². The molecule has 0 aliphatic rings. The quantitative estimate of drug-likeness (QED) is 0.654. The number of benzene rings is 1. The first-order valence-corrected chi connectivity index (χ1v) is 6.58. The van der Waals surface area contributed by atoms with Crippen LogP contribution in [0.2, 0.25) is 0 Å². The summed E-state index contributed by atoms with van der Waals surface area (Å²) in [6.07, 6.45) is 2.19. The molecule has 2 N–H and O–H groups in total. The van der Waals surface area contributed by atoms with Crippen LogP contribution in [0, 0.1) is 0 Å². The van der Waals surface area contributed by atoms with Crippen molar-refractivity contribution in [3.05, 3.63) is 30.3 Å². The molecule has 0 unspecified atom stereocenters. The van der Waals surface area contributed by atoms with Gasteiger partial charge in [-0.3, -0.25) is 0 Å². The molecule has 0 fully saturated rings. The van der Waals surface area contributed by atoms with Crippen molar-refractivity contribution in [2.45, 2.75) is 33.6 Å². The Kier molecular flexibility index (Phi) is 5.98. The van der Waals surface area contributed by atoms with Gasteiger partial charge in [0.2, 0.25) is 5.88 Å². The number of nitrogens with zero attached hydrogens (tertiary/aromatic N) is 1. The molecular formula is C15H22N2O. The summed E-state index contributed by atoms with van der Waals surface area (Å²) in [4.78, 5) is 4.41. The van der Waals surface area contributed by atoms with Gasteiger partial charge in [0.15, 0.2) is 0 Å². The number of hydrogen-bond donors (Lipinski definition) is 1.